The summed E-state index contributed by atoms with van der Waals surface area (Å²) in [6.45, 7) is 1.83. The number of furan rings is 1. The molecule has 1 aromatic heterocycles. The van der Waals surface area contributed by atoms with Crippen LogP contribution in [0.3, 0.4) is 0 Å². The summed E-state index contributed by atoms with van der Waals surface area (Å²) in [5.74, 6) is 0.727. The van der Waals surface area contributed by atoms with Gasteiger partial charge in [-0.1, -0.05) is 23.7 Å². The lowest BCUT2D eigenvalue weighted by Crippen LogP contribution is -2.06. The zero-order chi connectivity index (χ0) is 18.0. The molecule has 25 heavy (non-hydrogen) atoms. The monoisotopic (exact) mass is 360 g/mol. The van der Waals surface area contributed by atoms with Gasteiger partial charge in [-0.2, -0.15) is 0 Å². The van der Waals surface area contributed by atoms with Crippen molar-refractivity contribution in [2.24, 2.45) is 0 Å². The van der Waals surface area contributed by atoms with Crippen molar-refractivity contribution in [2.75, 3.05) is 14.2 Å². The maximum Gasteiger partial charge on any atom is 0.374 e. The van der Waals surface area contributed by atoms with Gasteiger partial charge in [-0.05, 0) is 31.2 Å². The first-order valence-electron chi connectivity index (χ1n) is 7.60. The van der Waals surface area contributed by atoms with Crippen molar-refractivity contribution >= 4 is 28.5 Å². The summed E-state index contributed by atoms with van der Waals surface area (Å²) in [5, 5.41) is 1.37. The molecule has 0 radical (unpaired) electrons. The lowest BCUT2D eigenvalue weighted by molar-refractivity contribution is 0.0434. The number of benzene rings is 2. The van der Waals surface area contributed by atoms with Crippen molar-refractivity contribution in [1.29, 1.82) is 0 Å². The zero-order valence-electron chi connectivity index (χ0n) is 14.1. The average molecular weight is 361 g/mol. The quantitative estimate of drug-likeness (QED) is 0.613. The number of hydrogen-bond donors (Lipinski definition) is 0. The number of carbonyl (C=O) groups is 1. The van der Waals surface area contributed by atoms with E-state index in [-0.39, 0.29) is 12.4 Å². The highest BCUT2D eigenvalue weighted by molar-refractivity contribution is 6.31. The number of halogens is 1. The number of fused-ring (bicyclic) bond motifs is 1. The molecule has 0 spiro atoms. The second kappa shape index (κ2) is 7.07. The molecule has 0 aliphatic heterocycles. The fourth-order valence-electron chi connectivity index (χ4n) is 2.66. The van der Waals surface area contributed by atoms with E-state index >= 15 is 0 Å². The molecule has 1 heterocycles. The molecule has 0 saturated carbocycles. The first kappa shape index (κ1) is 17.2. The molecule has 3 aromatic rings. The summed E-state index contributed by atoms with van der Waals surface area (Å²) in [4.78, 5) is 12.4. The minimum atomic E-state index is -0.547. The van der Waals surface area contributed by atoms with Gasteiger partial charge in [0.2, 0.25) is 5.76 Å². The lowest BCUT2D eigenvalue weighted by atomic mass is 10.1. The minimum Gasteiger partial charge on any atom is -0.493 e. The predicted octanol–water partition coefficient (Wildman–Crippen LogP) is 4.77. The molecule has 130 valence electrons. The molecule has 0 N–H and O–H groups in total. The molecule has 3 rings (SSSR count). The number of carbonyl (C=O) groups excluding carboxylic acids is 1. The van der Waals surface area contributed by atoms with Gasteiger partial charge in [0.1, 0.15) is 12.2 Å². The molecule has 0 amide bonds. The van der Waals surface area contributed by atoms with Crippen molar-refractivity contribution in [3.63, 3.8) is 0 Å². The van der Waals surface area contributed by atoms with Crippen molar-refractivity contribution < 1.29 is 23.4 Å². The van der Waals surface area contributed by atoms with Crippen molar-refractivity contribution in [2.45, 2.75) is 13.5 Å². The van der Waals surface area contributed by atoms with Gasteiger partial charge in [-0.15, -0.1) is 0 Å². The summed E-state index contributed by atoms with van der Waals surface area (Å²) < 4.78 is 21.6. The molecular formula is C19H17ClO5. The Morgan fingerprint density at radius 1 is 1.16 bits per heavy atom. The number of rotatable bonds is 5. The van der Waals surface area contributed by atoms with Gasteiger partial charge >= 0.3 is 5.97 Å². The summed E-state index contributed by atoms with van der Waals surface area (Å²) in [6, 6.07) is 10.6. The smallest absolute Gasteiger partial charge is 0.374 e. The summed E-state index contributed by atoms with van der Waals surface area (Å²) >= 11 is 6.00. The minimum absolute atomic E-state index is 0.0381. The Kier molecular flexibility index (Phi) is 4.86. The highest BCUT2D eigenvalue weighted by atomic mass is 35.5. The number of esters is 1. The maximum absolute atomic E-state index is 12.4. The van der Waals surface area contributed by atoms with E-state index in [1.165, 1.54) is 7.11 Å². The van der Waals surface area contributed by atoms with Gasteiger partial charge < -0.3 is 18.6 Å². The van der Waals surface area contributed by atoms with Crippen LogP contribution in [0.4, 0.5) is 0 Å². The van der Waals surface area contributed by atoms with Crippen molar-refractivity contribution in [3.05, 3.63) is 58.3 Å². The van der Waals surface area contributed by atoms with E-state index in [1.807, 2.05) is 0 Å². The Balaban J connectivity index is 1.83. The fraction of sp³-hybridized carbons (Fsp3) is 0.211. The van der Waals surface area contributed by atoms with Crippen LogP contribution in [0.1, 0.15) is 21.7 Å². The Bertz CT molecular complexity index is 929. The van der Waals surface area contributed by atoms with Crippen LogP contribution in [-0.2, 0) is 11.3 Å². The standard InChI is InChI=1S/C19H17ClO5/c1-11-14-9-13(20)7-8-15(14)25-17(11)19(21)24-10-12-5-4-6-16(22-2)18(12)23-3/h4-9H,10H2,1-3H3. The van der Waals surface area contributed by atoms with Crippen LogP contribution in [0, 0.1) is 6.92 Å². The largest absolute Gasteiger partial charge is 0.493 e. The zero-order valence-corrected chi connectivity index (χ0v) is 14.8. The Hall–Kier alpha value is -2.66. The molecular weight excluding hydrogens is 344 g/mol. The first-order valence-corrected chi connectivity index (χ1v) is 7.98. The van der Waals surface area contributed by atoms with Crippen molar-refractivity contribution in [1.82, 2.24) is 0 Å². The third kappa shape index (κ3) is 3.28. The number of aryl methyl sites for hydroxylation is 1. The normalized spacial score (nSPS) is 10.7. The van der Waals surface area contributed by atoms with Crippen LogP contribution in [0.2, 0.25) is 5.02 Å². The number of ether oxygens (including phenoxy) is 3. The van der Waals surface area contributed by atoms with E-state index in [0.717, 1.165) is 5.39 Å². The Morgan fingerprint density at radius 3 is 2.68 bits per heavy atom. The Labute approximate surface area is 150 Å². The lowest BCUT2D eigenvalue weighted by Gasteiger charge is -2.12. The molecule has 6 heteroatoms. The summed E-state index contributed by atoms with van der Waals surface area (Å²) in [7, 11) is 3.09. The highest BCUT2D eigenvalue weighted by Gasteiger charge is 2.20. The van der Waals surface area contributed by atoms with Crippen LogP contribution in [0.5, 0.6) is 11.5 Å². The third-order valence-electron chi connectivity index (χ3n) is 3.93. The Morgan fingerprint density at radius 2 is 1.96 bits per heavy atom. The van der Waals surface area contributed by atoms with Crippen LogP contribution in [0.15, 0.2) is 40.8 Å². The van der Waals surface area contributed by atoms with Gasteiger partial charge in [0, 0.05) is 21.5 Å². The summed E-state index contributed by atoms with van der Waals surface area (Å²) in [6.07, 6.45) is 0. The van der Waals surface area contributed by atoms with Gasteiger partial charge in [-0.25, -0.2) is 4.79 Å². The van der Waals surface area contributed by atoms with Gasteiger partial charge in [0.25, 0.3) is 0 Å². The summed E-state index contributed by atoms with van der Waals surface area (Å²) in [5.41, 5.74) is 1.99. The molecule has 0 unspecified atom stereocenters. The number of hydrogen-bond acceptors (Lipinski definition) is 5. The van der Waals surface area contributed by atoms with Gasteiger partial charge in [-0.3, -0.25) is 0 Å². The van der Waals surface area contributed by atoms with Crippen LogP contribution >= 0.6 is 11.6 Å². The maximum atomic E-state index is 12.4. The van der Waals surface area contributed by atoms with Gasteiger partial charge in [0.15, 0.2) is 11.5 Å². The topological polar surface area (TPSA) is 57.9 Å². The second-order valence-electron chi connectivity index (χ2n) is 5.43. The predicted molar refractivity (Wildman–Crippen MR) is 94.6 cm³/mol. The van der Waals surface area contributed by atoms with Crippen molar-refractivity contribution in [3.8, 4) is 11.5 Å². The average Bonchev–Trinajstić information content (AvgIpc) is 2.95. The molecule has 0 aliphatic rings. The highest BCUT2D eigenvalue weighted by Crippen LogP contribution is 2.32. The fourth-order valence-corrected chi connectivity index (χ4v) is 2.84. The second-order valence-corrected chi connectivity index (χ2v) is 5.86. The first-order chi connectivity index (χ1) is 12.0. The molecule has 0 atom stereocenters. The number of para-hydroxylation sites is 1. The van der Waals surface area contributed by atoms with E-state index in [0.29, 0.717) is 33.2 Å². The van der Waals surface area contributed by atoms with Crippen LogP contribution in [-0.4, -0.2) is 20.2 Å². The SMILES string of the molecule is COc1cccc(COC(=O)c2oc3ccc(Cl)cc3c2C)c1OC. The van der Waals surface area contributed by atoms with Gasteiger partial charge in [0.05, 0.1) is 14.2 Å². The van der Waals surface area contributed by atoms with Crippen LogP contribution < -0.4 is 9.47 Å². The molecule has 0 aliphatic carbocycles. The van der Waals surface area contributed by atoms with E-state index in [4.69, 9.17) is 30.2 Å². The van der Waals surface area contributed by atoms with E-state index in [1.54, 1.807) is 50.4 Å². The van der Waals surface area contributed by atoms with E-state index in [9.17, 15) is 4.79 Å². The third-order valence-corrected chi connectivity index (χ3v) is 4.16. The molecule has 0 saturated heterocycles. The van der Waals surface area contributed by atoms with E-state index < -0.39 is 5.97 Å². The van der Waals surface area contributed by atoms with E-state index in [2.05, 4.69) is 0 Å². The molecule has 2 aromatic carbocycles. The number of methoxy groups -OCH3 is 2. The molecule has 5 nitrogen and oxygen atoms in total. The molecule has 0 fully saturated rings. The molecule has 0 bridgehead atoms. The van der Waals surface area contributed by atoms with Crippen LogP contribution in [0.25, 0.3) is 11.0 Å².